The van der Waals surface area contributed by atoms with Crippen molar-refractivity contribution in [1.82, 2.24) is 0 Å². The molecule has 84 valence electrons. The van der Waals surface area contributed by atoms with Crippen molar-refractivity contribution >= 4 is 12.4 Å². The molecule has 1 aromatic rings. The van der Waals surface area contributed by atoms with Crippen LogP contribution in [0.15, 0.2) is 18.2 Å². The molecule has 3 nitrogen and oxygen atoms in total. The predicted octanol–water partition coefficient (Wildman–Crippen LogP) is 2.32. The van der Waals surface area contributed by atoms with E-state index >= 15 is 0 Å². The lowest BCUT2D eigenvalue weighted by Crippen LogP contribution is -2.11. The van der Waals surface area contributed by atoms with Gasteiger partial charge in [0.25, 0.3) is 0 Å². The van der Waals surface area contributed by atoms with Crippen LogP contribution in [0, 0.1) is 5.92 Å². The molecule has 2 rings (SSSR count). The largest absolute Gasteiger partial charge is 0.508 e. The summed E-state index contributed by atoms with van der Waals surface area (Å²) in [4.78, 5) is 0. The van der Waals surface area contributed by atoms with Gasteiger partial charge in [0, 0.05) is 11.6 Å². The number of aromatic hydroxyl groups is 2. The fourth-order valence-corrected chi connectivity index (χ4v) is 1.68. The third kappa shape index (κ3) is 3.01. The van der Waals surface area contributed by atoms with Crippen molar-refractivity contribution in [2.75, 3.05) is 0 Å². The van der Waals surface area contributed by atoms with E-state index in [0.717, 1.165) is 6.42 Å². The van der Waals surface area contributed by atoms with Crippen LogP contribution in [-0.2, 0) is 0 Å². The Hall–Kier alpha value is -0.930. The Bertz CT molecular complexity index is 339. The van der Waals surface area contributed by atoms with E-state index in [1.54, 1.807) is 6.07 Å². The molecule has 0 saturated heterocycles. The zero-order chi connectivity index (χ0) is 10.1. The molecule has 0 aromatic heterocycles. The van der Waals surface area contributed by atoms with Crippen molar-refractivity contribution in [3.05, 3.63) is 23.8 Å². The van der Waals surface area contributed by atoms with E-state index in [9.17, 15) is 10.2 Å². The summed E-state index contributed by atoms with van der Waals surface area (Å²) in [6.45, 7) is 0. The van der Waals surface area contributed by atoms with Gasteiger partial charge in [0.2, 0.25) is 0 Å². The van der Waals surface area contributed by atoms with Gasteiger partial charge in [-0.25, -0.2) is 0 Å². The summed E-state index contributed by atoms with van der Waals surface area (Å²) in [5.41, 5.74) is 6.58. The van der Waals surface area contributed by atoms with Crippen LogP contribution in [-0.4, -0.2) is 10.2 Å². The second-order valence-electron chi connectivity index (χ2n) is 4.03. The molecule has 4 heteroatoms. The zero-order valence-corrected chi connectivity index (χ0v) is 9.20. The summed E-state index contributed by atoms with van der Waals surface area (Å²) in [5, 5.41) is 18.8. The quantitative estimate of drug-likeness (QED) is 0.697. The van der Waals surface area contributed by atoms with Crippen molar-refractivity contribution in [2.24, 2.45) is 11.7 Å². The summed E-state index contributed by atoms with van der Waals surface area (Å²) in [6, 6.07) is 4.33. The van der Waals surface area contributed by atoms with Crippen molar-refractivity contribution in [2.45, 2.75) is 25.3 Å². The zero-order valence-electron chi connectivity index (χ0n) is 8.39. The van der Waals surface area contributed by atoms with E-state index in [1.807, 2.05) is 0 Å². The average Bonchev–Trinajstić information content (AvgIpc) is 2.93. The number of halogens is 1. The summed E-state index contributed by atoms with van der Waals surface area (Å²) >= 11 is 0. The van der Waals surface area contributed by atoms with E-state index in [-0.39, 0.29) is 29.9 Å². The molecule has 1 saturated carbocycles. The molecule has 0 amide bonds. The van der Waals surface area contributed by atoms with Gasteiger partial charge in [0.05, 0.1) is 0 Å². The van der Waals surface area contributed by atoms with Gasteiger partial charge in [0.1, 0.15) is 11.5 Å². The summed E-state index contributed by atoms with van der Waals surface area (Å²) < 4.78 is 0. The molecular formula is C11H16ClNO2. The Kier molecular flexibility index (Phi) is 3.83. The molecule has 0 radical (unpaired) electrons. The topological polar surface area (TPSA) is 66.5 Å². The molecule has 0 spiro atoms. The van der Waals surface area contributed by atoms with Crippen LogP contribution in [0.25, 0.3) is 0 Å². The number of phenols is 2. The van der Waals surface area contributed by atoms with Crippen LogP contribution in [0.5, 0.6) is 11.5 Å². The molecular weight excluding hydrogens is 214 g/mol. The normalized spacial score (nSPS) is 16.9. The Balaban J connectivity index is 0.00000112. The number of hydrogen-bond donors (Lipinski definition) is 3. The molecule has 0 aliphatic heterocycles. The van der Waals surface area contributed by atoms with Crippen LogP contribution in [0.4, 0.5) is 0 Å². The van der Waals surface area contributed by atoms with E-state index in [0.29, 0.717) is 11.5 Å². The molecule has 1 aromatic carbocycles. The minimum Gasteiger partial charge on any atom is -0.508 e. The maximum absolute atomic E-state index is 9.55. The van der Waals surface area contributed by atoms with Gasteiger partial charge in [-0.1, -0.05) is 12.8 Å². The van der Waals surface area contributed by atoms with Crippen LogP contribution in [0.2, 0.25) is 0 Å². The standard InChI is InChI=1S/C11H15NO2.ClH/c12-10(5-7-1-2-7)9-6-8(13)3-4-11(9)14;/h3-4,6-7,10,13-14H,1-2,5,12H2;1H/t10-;/m1./s1. The van der Waals surface area contributed by atoms with Gasteiger partial charge >= 0.3 is 0 Å². The second kappa shape index (κ2) is 4.73. The lowest BCUT2D eigenvalue weighted by molar-refractivity contribution is 0.443. The van der Waals surface area contributed by atoms with Crippen molar-refractivity contribution in [3.8, 4) is 11.5 Å². The monoisotopic (exact) mass is 229 g/mol. The minimum atomic E-state index is -0.158. The average molecular weight is 230 g/mol. The highest BCUT2D eigenvalue weighted by Gasteiger charge is 2.25. The molecule has 0 bridgehead atoms. The van der Waals surface area contributed by atoms with Crippen molar-refractivity contribution < 1.29 is 10.2 Å². The van der Waals surface area contributed by atoms with E-state index in [4.69, 9.17) is 5.73 Å². The Morgan fingerprint density at radius 3 is 2.60 bits per heavy atom. The Labute approximate surface area is 95.3 Å². The molecule has 1 atom stereocenters. The van der Waals surface area contributed by atoms with Gasteiger partial charge in [0.15, 0.2) is 0 Å². The van der Waals surface area contributed by atoms with E-state index in [1.165, 1.54) is 25.0 Å². The van der Waals surface area contributed by atoms with Crippen LogP contribution < -0.4 is 5.73 Å². The summed E-state index contributed by atoms with van der Waals surface area (Å²) in [7, 11) is 0. The molecule has 15 heavy (non-hydrogen) atoms. The SMILES string of the molecule is Cl.N[C@H](CC1CC1)c1cc(O)ccc1O. The maximum atomic E-state index is 9.55. The van der Waals surface area contributed by atoms with Crippen molar-refractivity contribution in [3.63, 3.8) is 0 Å². The van der Waals surface area contributed by atoms with Gasteiger partial charge in [-0.15, -0.1) is 12.4 Å². The van der Waals surface area contributed by atoms with Gasteiger partial charge in [-0.05, 0) is 30.5 Å². The number of hydrogen-bond acceptors (Lipinski definition) is 3. The molecule has 0 heterocycles. The smallest absolute Gasteiger partial charge is 0.120 e. The molecule has 4 N–H and O–H groups in total. The summed E-state index contributed by atoms with van der Waals surface area (Å²) in [6.07, 6.45) is 3.39. The number of nitrogens with two attached hydrogens (primary N) is 1. The van der Waals surface area contributed by atoms with Crippen LogP contribution in [0.3, 0.4) is 0 Å². The first-order chi connectivity index (χ1) is 6.66. The van der Waals surface area contributed by atoms with Gasteiger partial charge in [-0.3, -0.25) is 0 Å². The van der Waals surface area contributed by atoms with Gasteiger partial charge in [-0.2, -0.15) is 0 Å². The number of benzene rings is 1. The third-order valence-corrected chi connectivity index (χ3v) is 2.69. The molecule has 0 unspecified atom stereocenters. The Morgan fingerprint density at radius 1 is 1.33 bits per heavy atom. The summed E-state index contributed by atoms with van der Waals surface area (Å²) in [5.74, 6) is 1.05. The highest BCUT2D eigenvalue weighted by Crippen LogP contribution is 2.39. The lowest BCUT2D eigenvalue weighted by atomic mass is 10.0. The van der Waals surface area contributed by atoms with Crippen LogP contribution >= 0.6 is 12.4 Å². The van der Waals surface area contributed by atoms with E-state index in [2.05, 4.69) is 0 Å². The maximum Gasteiger partial charge on any atom is 0.120 e. The fourth-order valence-electron chi connectivity index (χ4n) is 1.68. The number of phenolic OH excluding ortho intramolecular Hbond substituents is 2. The molecule has 1 fully saturated rings. The highest BCUT2D eigenvalue weighted by atomic mass is 35.5. The first kappa shape index (κ1) is 12.1. The third-order valence-electron chi connectivity index (χ3n) is 2.69. The highest BCUT2D eigenvalue weighted by molar-refractivity contribution is 5.85. The van der Waals surface area contributed by atoms with Crippen LogP contribution in [0.1, 0.15) is 30.9 Å². The second-order valence-corrected chi connectivity index (χ2v) is 4.03. The molecule has 1 aliphatic rings. The fraction of sp³-hybridized carbons (Fsp3) is 0.455. The Morgan fingerprint density at radius 2 is 2.00 bits per heavy atom. The van der Waals surface area contributed by atoms with E-state index < -0.39 is 0 Å². The minimum absolute atomic E-state index is 0. The van der Waals surface area contributed by atoms with Gasteiger partial charge < -0.3 is 15.9 Å². The first-order valence-electron chi connectivity index (χ1n) is 4.94. The molecule has 1 aliphatic carbocycles. The predicted molar refractivity (Wildman–Crippen MR) is 61.3 cm³/mol. The number of rotatable bonds is 3. The first-order valence-corrected chi connectivity index (χ1v) is 4.94. The van der Waals surface area contributed by atoms with Crippen molar-refractivity contribution in [1.29, 1.82) is 0 Å². The lowest BCUT2D eigenvalue weighted by Gasteiger charge is -2.13.